The lowest BCUT2D eigenvalue weighted by atomic mass is 10.1. The lowest BCUT2D eigenvalue weighted by Gasteiger charge is -2.20. The standard InChI is InChI=1S/C19H30O2/c1-17(2)11-10-13-18(3)12-8-6-5-7-9-14-19(4)20-15-16-21-19/h11-12H,6,8-10,13-16H2,1-4H3/b18-12+. The second kappa shape index (κ2) is 9.82. The Balaban J connectivity index is 2.10. The Kier molecular flexibility index (Phi) is 8.42. The lowest BCUT2D eigenvalue weighted by Crippen LogP contribution is -2.24. The van der Waals surface area contributed by atoms with Crippen LogP contribution in [0, 0.1) is 11.8 Å². The molecule has 1 saturated heterocycles. The van der Waals surface area contributed by atoms with E-state index in [0.717, 1.165) is 38.5 Å². The van der Waals surface area contributed by atoms with Crippen molar-refractivity contribution >= 4 is 0 Å². The van der Waals surface area contributed by atoms with Crippen LogP contribution in [0.4, 0.5) is 0 Å². The third kappa shape index (κ3) is 8.75. The summed E-state index contributed by atoms with van der Waals surface area (Å²) in [6.45, 7) is 9.93. The zero-order valence-electron chi connectivity index (χ0n) is 14.1. The summed E-state index contributed by atoms with van der Waals surface area (Å²) in [6.07, 6.45) is 10.6. The Bertz CT molecular complexity index is 411. The number of rotatable bonds is 7. The van der Waals surface area contributed by atoms with Crippen molar-refractivity contribution in [2.24, 2.45) is 0 Å². The monoisotopic (exact) mass is 290 g/mol. The summed E-state index contributed by atoms with van der Waals surface area (Å²) in [5.74, 6) is 6.07. The number of unbranched alkanes of at least 4 members (excludes halogenated alkanes) is 1. The van der Waals surface area contributed by atoms with Crippen molar-refractivity contribution < 1.29 is 9.47 Å². The van der Waals surface area contributed by atoms with Crippen LogP contribution >= 0.6 is 0 Å². The zero-order chi connectivity index (χ0) is 15.6. The maximum absolute atomic E-state index is 5.55. The highest BCUT2D eigenvalue weighted by Crippen LogP contribution is 2.23. The second-order valence-corrected chi connectivity index (χ2v) is 6.09. The number of hydrogen-bond acceptors (Lipinski definition) is 2. The number of allylic oxidation sites excluding steroid dienone is 4. The summed E-state index contributed by atoms with van der Waals surface area (Å²) in [4.78, 5) is 0. The van der Waals surface area contributed by atoms with Gasteiger partial charge in [0.15, 0.2) is 5.79 Å². The molecule has 0 amide bonds. The first-order valence-corrected chi connectivity index (χ1v) is 8.04. The molecule has 0 saturated carbocycles. The van der Waals surface area contributed by atoms with Crippen LogP contribution in [0.3, 0.4) is 0 Å². The predicted molar refractivity (Wildman–Crippen MR) is 89.0 cm³/mol. The molecule has 118 valence electrons. The number of ether oxygens (including phenoxy) is 2. The summed E-state index contributed by atoms with van der Waals surface area (Å²) in [5.41, 5.74) is 2.87. The van der Waals surface area contributed by atoms with Gasteiger partial charge in [0, 0.05) is 19.3 Å². The van der Waals surface area contributed by atoms with E-state index in [1.807, 2.05) is 6.92 Å². The van der Waals surface area contributed by atoms with Gasteiger partial charge in [0.2, 0.25) is 0 Å². The van der Waals surface area contributed by atoms with E-state index in [2.05, 4.69) is 44.8 Å². The van der Waals surface area contributed by atoms with Crippen LogP contribution in [0.25, 0.3) is 0 Å². The van der Waals surface area contributed by atoms with E-state index < -0.39 is 5.79 Å². The molecular weight excluding hydrogens is 260 g/mol. The van der Waals surface area contributed by atoms with Crippen LogP contribution in [-0.2, 0) is 9.47 Å². The quantitative estimate of drug-likeness (QED) is 0.373. The molecule has 0 aromatic carbocycles. The minimum absolute atomic E-state index is 0.393. The van der Waals surface area contributed by atoms with Crippen molar-refractivity contribution in [2.75, 3.05) is 13.2 Å². The molecule has 1 rings (SSSR count). The average Bonchev–Trinajstić information content (AvgIpc) is 2.84. The first kappa shape index (κ1) is 18.0. The van der Waals surface area contributed by atoms with Gasteiger partial charge in [-0.05, 0) is 47.0 Å². The topological polar surface area (TPSA) is 18.5 Å². The molecule has 0 aromatic rings. The molecule has 21 heavy (non-hydrogen) atoms. The molecule has 0 bridgehead atoms. The van der Waals surface area contributed by atoms with Gasteiger partial charge in [0.05, 0.1) is 13.2 Å². The summed E-state index contributed by atoms with van der Waals surface area (Å²) in [7, 11) is 0. The maximum Gasteiger partial charge on any atom is 0.166 e. The van der Waals surface area contributed by atoms with Crippen molar-refractivity contribution in [1.82, 2.24) is 0 Å². The predicted octanol–water partition coefficient (Wildman–Crippen LogP) is 5.01. The summed E-state index contributed by atoms with van der Waals surface area (Å²) < 4.78 is 11.1. The molecule has 1 aliphatic rings. The third-order valence-corrected chi connectivity index (χ3v) is 3.58. The highest BCUT2D eigenvalue weighted by atomic mass is 16.7. The van der Waals surface area contributed by atoms with E-state index in [4.69, 9.17) is 9.47 Å². The second-order valence-electron chi connectivity index (χ2n) is 6.09. The zero-order valence-corrected chi connectivity index (χ0v) is 14.1. The van der Waals surface area contributed by atoms with E-state index in [1.165, 1.54) is 11.1 Å². The fourth-order valence-electron chi connectivity index (χ4n) is 2.25. The highest BCUT2D eigenvalue weighted by molar-refractivity contribution is 5.05. The van der Waals surface area contributed by atoms with E-state index in [-0.39, 0.29) is 0 Å². The smallest absolute Gasteiger partial charge is 0.166 e. The van der Waals surface area contributed by atoms with Crippen molar-refractivity contribution in [3.8, 4) is 11.8 Å². The van der Waals surface area contributed by atoms with Crippen LogP contribution in [0.1, 0.15) is 66.2 Å². The maximum atomic E-state index is 5.55. The van der Waals surface area contributed by atoms with Gasteiger partial charge in [-0.15, -0.1) is 11.8 Å². The highest BCUT2D eigenvalue weighted by Gasteiger charge is 2.29. The van der Waals surface area contributed by atoms with E-state index in [1.54, 1.807) is 0 Å². The van der Waals surface area contributed by atoms with Gasteiger partial charge in [-0.2, -0.15) is 0 Å². The molecule has 0 spiro atoms. The van der Waals surface area contributed by atoms with Crippen LogP contribution in [0.2, 0.25) is 0 Å². The normalized spacial score (nSPS) is 17.2. The van der Waals surface area contributed by atoms with Gasteiger partial charge in [0.25, 0.3) is 0 Å². The van der Waals surface area contributed by atoms with E-state index in [0.29, 0.717) is 13.2 Å². The van der Waals surface area contributed by atoms with Crippen LogP contribution < -0.4 is 0 Å². The molecule has 0 N–H and O–H groups in total. The molecule has 1 fully saturated rings. The minimum atomic E-state index is -0.393. The molecule has 2 heteroatoms. The Morgan fingerprint density at radius 1 is 1.00 bits per heavy atom. The van der Waals surface area contributed by atoms with Gasteiger partial charge in [-0.25, -0.2) is 0 Å². The Morgan fingerprint density at radius 3 is 2.33 bits per heavy atom. The first-order valence-electron chi connectivity index (χ1n) is 8.04. The Labute approximate surface area is 130 Å². The van der Waals surface area contributed by atoms with Gasteiger partial charge in [-0.1, -0.05) is 23.3 Å². The molecule has 1 aliphatic heterocycles. The third-order valence-electron chi connectivity index (χ3n) is 3.58. The van der Waals surface area contributed by atoms with Crippen molar-refractivity contribution in [2.45, 2.75) is 72.0 Å². The summed E-state index contributed by atoms with van der Waals surface area (Å²) >= 11 is 0. The summed E-state index contributed by atoms with van der Waals surface area (Å²) in [5, 5.41) is 0. The van der Waals surface area contributed by atoms with Crippen LogP contribution in [0.15, 0.2) is 23.3 Å². The molecule has 0 aromatic heterocycles. The van der Waals surface area contributed by atoms with Crippen molar-refractivity contribution in [3.63, 3.8) is 0 Å². The number of hydrogen-bond donors (Lipinski definition) is 0. The molecular formula is C19H30O2. The molecule has 1 heterocycles. The first-order chi connectivity index (χ1) is 10.0. The largest absolute Gasteiger partial charge is 0.348 e. The molecule has 0 unspecified atom stereocenters. The Hall–Kier alpha value is -1.04. The van der Waals surface area contributed by atoms with Crippen LogP contribution in [-0.4, -0.2) is 19.0 Å². The van der Waals surface area contributed by atoms with Crippen molar-refractivity contribution in [3.05, 3.63) is 23.3 Å². The van der Waals surface area contributed by atoms with E-state index >= 15 is 0 Å². The van der Waals surface area contributed by atoms with Crippen molar-refractivity contribution in [1.29, 1.82) is 0 Å². The van der Waals surface area contributed by atoms with Gasteiger partial charge < -0.3 is 9.47 Å². The van der Waals surface area contributed by atoms with Gasteiger partial charge in [0.1, 0.15) is 0 Å². The molecule has 2 nitrogen and oxygen atoms in total. The van der Waals surface area contributed by atoms with Crippen LogP contribution in [0.5, 0.6) is 0 Å². The molecule has 0 atom stereocenters. The SMILES string of the molecule is CC(C)=CCC/C(C)=C/CCC#CCCC1(C)OCCO1. The van der Waals surface area contributed by atoms with Gasteiger partial charge >= 0.3 is 0 Å². The summed E-state index contributed by atoms with van der Waals surface area (Å²) in [6, 6.07) is 0. The molecule has 0 aliphatic carbocycles. The minimum Gasteiger partial charge on any atom is -0.348 e. The fraction of sp³-hybridized carbons (Fsp3) is 0.684. The van der Waals surface area contributed by atoms with Gasteiger partial charge in [-0.3, -0.25) is 0 Å². The Morgan fingerprint density at radius 2 is 1.67 bits per heavy atom. The van der Waals surface area contributed by atoms with E-state index in [9.17, 15) is 0 Å². The fourth-order valence-corrected chi connectivity index (χ4v) is 2.25. The average molecular weight is 290 g/mol. The molecule has 0 radical (unpaired) electrons. The lowest BCUT2D eigenvalue weighted by molar-refractivity contribution is -0.145.